The first-order chi connectivity index (χ1) is 11.0. The maximum absolute atomic E-state index is 12.8. The van der Waals surface area contributed by atoms with Gasteiger partial charge in [-0.1, -0.05) is 25.1 Å². The normalized spacial score (nSPS) is 16.3. The van der Waals surface area contributed by atoms with E-state index in [1.165, 1.54) is 0 Å². The third-order valence-corrected chi connectivity index (χ3v) is 4.35. The van der Waals surface area contributed by atoms with Gasteiger partial charge >= 0.3 is 0 Å². The Hall–Kier alpha value is -2.47. The van der Waals surface area contributed by atoms with E-state index in [4.69, 9.17) is 12.2 Å². The smallest absolute Gasteiger partial charge is 0.281 e. The number of aryl methyl sites for hydroxylation is 2. The lowest BCUT2D eigenvalue weighted by molar-refractivity contribution is -0.113. The SMILES string of the molecule is CCc1ccccc1N1C(=O)/C(=C\c2cnn(C)c2C)NC1=S. The summed E-state index contributed by atoms with van der Waals surface area (Å²) in [5.41, 5.74) is 4.28. The van der Waals surface area contributed by atoms with Gasteiger partial charge in [0.25, 0.3) is 5.91 Å². The summed E-state index contributed by atoms with van der Waals surface area (Å²) in [4.78, 5) is 14.3. The molecule has 118 valence electrons. The minimum Gasteiger partial charge on any atom is -0.327 e. The number of thiocarbonyl (C=S) groups is 1. The lowest BCUT2D eigenvalue weighted by atomic mass is 10.1. The van der Waals surface area contributed by atoms with Gasteiger partial charge in [-0.05, 0) is 43.3 Å². The molecule has 5 nitrogen and oxygen atoms in total. The molecule has 23 heavy (non-hydrogen) atoms. The van der Waals surface area contributed by atoms with Crippen LogP contribution >= 0.6 is 12.2 Å². The number of rotatable bonds is 3. The molecule has 2 heterocycles. The number of amides is 1. The number of nitrogens with one attached hydrogen (secondary N) is 1. The maximum atomic E-state index is 12.8. The molecule has 0 unspecified atom stereocenters. The molecule has 2 aromatic rings. The minimum atomic E-state index is -0.140. The zero-order valence-electron chi connectivity index (χ0n) is 13.3. The van der Waals surface area contributed by atoms with E-state index in [9.17, 15) is 4.79 Å². The average Bonchev–Trinajstić information content (AvgIpc) is 3.01. The standard InChI is InChI=1S/C17H18N4OS/c1-4-12-7-5-6-8-15(12)21-16(22)14(19-17(21)23)9-13-10-18-20(3)11(13)2/h5-10H,4H2,1-3H3,(H,19,23)/b14-9+. The summed E-state index contributed by atoms with van der Waals surface area (Å²) >= 11 is 5.37. The summed E-state index contributed by atoms with van der Waals surface area (Å²) in [6.45, 7) is 4.02. The van der Waals surface area contributed by atoms with E-state index in [0.717, 1.165) is 28.9 Å². The first-order valence-corrected chi connectivity index (χ1v) is 7.87. The minimum absolute atomic E-state index is 0.140. The van der Waals surface area contributed by atoms with Crippen molar-refractivity contribution in [2.24, 2.45) is 7.05 Å². The number of nitrogens with zero attached hydrogens (tertiary/aromatic N) is 3. The monoisotopic (exact) mass is 326 g/mol. The molecule has 1 saturated heterocycles. The Balaban J connectivity index is 1.99. The first kappa shape index (κ1) is 15.4. The topological polar surface area (TPSA) is 50.2 Å². The Kier molecular flexibility index (Phi) is 4.00. The second-order valence-electron chi connectivity index (χ2n) is 5.42. The van der Waals surface area contributed by atoms with Gasteiger partial charge < -0.3 is 5.32 Å². The van der Waals surface area contributed by atoms with E-state index in [-0.39, 0.29) is 5.91 Å². The van der Waals surface area contributed by atoms with E-state index < -0.39 is 0 Å². The van der Waals surface area contributed by atoms with Crippen LogP contribution in [-0.2, 0) is 18.3 Å². The fraction of sp³-hybridized carbons (Fsp3) is 0.235. The molecule has 0 spiro atoms. The molecule has 0 radical (unpaired) electrons. The van der Waals surface area contributed by atoms with Crippen molar-refractivity contribution < 1.29 is 4.79 Å². The molecule has 1 aliphatic rings. The van der Waals surface area contributed by atoms with Gasteiger partial charge in [-0.2, -0.15) is 5.10 Å². The number of hydrogen-bond acceptors (Lipinski definition) is 3. The molecule has 0 atom stereocenters. The highest BCUT2D eigenvalue weighted by atomic mass is 32.1. The maximum Gasteiger partial charge on any atom is 0.281 e. The van der Waals surface area contributed by atoms with Crippen LogP contribution in [0.25, 0.3) is 6.08 Å². The number of carbonyl (C=O) groups is 1. The van der Waals surface area contributed by atoms with Crippen molar-refractivity contribution in [2.45, 2.75) is 20.3 Å². The first-order valence-electron chi connectivity index (χ1n) is 7.46. The molecular weight excluding hydrogens is 308 g/mol. The summed E-state index contributed by atoms with van der Waals surface area (Å²) in [7, 11) is 1.87. The van der Waals surface area contributed by atoms with Gasteiger partial charge in [-0.25, -0.2) is 0 Å². The molecule has 0 aliphatic carbocycles. The molecule has 6 heteroatoms. The Labute approximate surface area is 140 Å². The average molecular weight is 326 g/mol. The van der Waals surface area contributed by atoms with Crippen LogP contribution in [-0.4, -0.2) is 20.8 Å². The fourth-order valence-corrected chi connectivity index (χ4v) is 2.89. The van der Waals surface area contributed by atoms with Gasteiger partial charge in [0.15, 0.2) is 5.11 Å². The van der Waals surface area contributed by atoms with Crippen LogP contribution < -0.4 is 10.2 Å². The third-order valence-electron chi connectivity index (χ3n) is 4.06. The van der Waals surface area contributed by atoms with Crippen molar-refractivity contribution >= 4 is 35.0 Å². The fourth-order valence-electron chi connectivity index (χ4n) is 2.59. The highest BCUT2D eigenvalue weighted by molar-refractivity contribution is 7.80. The molecule has 1 aromatic carbocycles. The van der Waals surface area contributed by atoms with E-state index in [2.05, 4.69) is 17.3 Å². The van der Waals surface area contributed by atoms with E-state index in [1.807, 2.05) is 38.2 Å². The van der Waals surface area contributed by atoms with Crippen LogP contribution in [0.5, 0.6) is 0 Å². The lowest BCUT2D eigenvalue weighted by Crippen LogP contribution is -2.31. The summed E-state index contributed by atoms with van der Waals surface area (Å²) < 4.78 is 1.77. The number of anilines is 1. The molecule has 1 N–H and O–H groups in total. The van der Waals surface area contributed by atoms with Gasteiger partial charge in [0.2, 0.25) is 0 Å². The number of benzene rings is 1. The lowest BCUT2D eigenvalue weighted by Gasteiger charge is -2.17. The van der Waals surface area contributed by atoms with Crippen molar-refractivity contribution in [3.63, 3.8) is 0 Å². The molecular formula is C17H18N4OS. The van der Waals surface area contributed by atoms with Crippen LogP contribution in [0.1, 0.15) is 23.7 Å². The van der Waals surface area contributed by atoms with Crippen LogP contribution in [0.4, 0.5) is 5.69 Å². The van der Waals surface area contributed by atoms with Crippen LogP contribution in [0.15, 0.2) is 36.2 Å². The van der Waals surface area contributed by atoms with Crippen LogP contribution in [0.2, 0.25) is 0 Å². The number of hydrogen-bond donors (Lipinski definition) is 1. The van der Waals surface area contributed by atoms with Crippen molar-refractivity contribution in [1.82, 2.24) is 15.1 Å². The summed E-state index contributed by atoms with van der Waals surface area (Å²) in [5.74, 6) is -0.140. The highest BCUT2D eigenvalue weighted by Crippen LogP contribution is 2.26. The number of para-hydroxylation sites is 1. The van der Waals surface area contributed by atoms with E-state index in [0.29, 0.717) is 10.8 Å². The molecule has 0 saturated carbocycles. The third kappa shape index (κ3) is 2.66. The summed E-state index contributed by atoms with van der Waals surface area (Å²) in [5, 5.41) is 7.62. The Bertz CT molecular complexity index is 822. The molecule has 0 bridgehead atoms. The molecule has 1 aliphatic heterocycles. The zero-order chi connectivity index (χ0) is 16.6. The molecule has 1 aromatic heterocycles. The van der Waals surface area contributed by atoms with Crippen molar-refractivity contribution in [3.05, 3.63) is 53.0 Å². The van der Waals surface area contributed by atoms with Gasteiger partial charge in [-0.15, -0.1) is 0 Å². The van der Waals surface area contributed by atoms with Gasteiger partial charge in [-0.3, -0.25) is 14.4 Å². The van der Waals surface area contributed by atoms with Gasteiger partial charge in [0.05, 0.1) is 11.9 Å². The van der Waals surface area contributed by atoms with Crippen molar-refractivity contribution in [3.8, 4) is 0 Å². The number of aromatic nitrogens is 2. The molecule has 3 rings (SSSR count). The Morgan fingerprint density at radius 2 is 2.09 bits per heavy atom. The summed E-state index contributed by atoms with van der Waals surface area (Å²) in [6.07, 6.45) is 4.37. The second kappa shape index (κ2) is 5.96. The summed E-state index contributed by atoms with van der Waals surface area (Å²) in [6, 6.07) is 7.81. The van der Waals surface area contributed by atoms with Gasteiger partial charge in [0.1, 0.15) is 5.70 Å². The number of carbonyl (C=O) groups excluding carboxylic acids is 1. The van der Waals surface area contributed by atoms with E-state index >= 15 is 0 Å². The molecule has 1 amide bonds. The second-order valence-corrected chi connectivity index (χ2v) is 5.81. The van der Waals surface area contributed by atoms with E-state index in [1.54, 1.807) is 21.9 Å². The Morgan fingerprint density at radius 3 is 2.74 bits per heavy atom. The van der Waals surface area contributed by atoms with Crippen molar-refractivity contribution in [2.75, 3.05) is 4.90 Å². The predicted molar refractivity (Wildman–Crippen MR) is 95.0 cm³/mol. The van der Waals surface area contributed by atoms with Gasteiger partial charge in [0, 0.05) is 18.3 Å². The largest absolute Gasteiger partial charge is 0.327 e. The Morgan fingerprint density at radius 1 is 1.35 bits per heavy atom. The van der Waals surface area contributed by atoms with Crippen LogP contribution in [0, 0.1) is 6.92 Å². The molecule has 1 fully saturated rings. The van der Waals surface area contributed by atoms with Crippen molar-refractivity contribution in [1.29, 1.82) is 0 Å². The quantitative estimate of drug-likeness (QED) is 0.696. The van der Waals surface area contributed by atoms with Crippen LogP contribution in [0.3, 0.4) is 0 Å². The zero-order valence-corrected chi connectivity index (χ0v) is 14.1. The predicted octanol–water partition coefficient (Wildman–Crippen LogP) is 2.55. The highest BCUT2D eigenvalue weighted by Gasteiger charge is 2.33.